The van der Waals surface area contributed by atoms with Gasteiger partial charge in [0.05, 0.1) is 6.10 Å². The van der Waals surface area contributed by atoms with E-state index in [4.69, 9.17) is 5.14 Å². The minimum atomic E-state index is -3.77. The smallest absolute Gasteiger partial charge is 0.255 e. The van der Waals surface area contributed by atoms with Crippen LogP contribution < -0.4 is 5.14 Å². The van der Waals surface area contributed by atoms with Crippen molar-refractivity contribution in [3.63, 3.8) is 0 Å². The third-order valence-corrected chi connectivity index (χ3v) is 2.36. The number of hydrogen-bond donors (Lipinski definition) is 1. The van der Waals surface area contributed by atoms with E-state index in [2.05, 4.69) is 11.1 Å². The van der Waals surface area contributed by atoms with Gasteiger partial charge in [0.15, 0.2) is 0 Å². The molecule has 0 aliphatic heterocycles. The van der Waals surface area contributed by atoms with Crippen LogP contribution in [0.2, 0.25) is 0 Å². The van der Waals surface area contributed by atoms with Crippen molar-refractivity contribution in [1.82, 2.24) is 0 Å². The third-order valence-electron chi connectivity index (χ3n) is 1.76. The molecule has 0 aromatic carbocycles. The quantitative estimate of drug-likeness (QED) is 0.647. The van der Waals surface area contributed by atoms with Crippen molar-refractivity contribution in [1.29, 1.82) is 0 Å². The van der Waals surface area contributed by atoms with Gasteiger partial charge >= 0.3 is 10.3 Å². The Morgan fingerprint density at radius 2 is 1.92 bits per heavy atom. The SMILES string of the molecule is CCCCCCC(C)OS(N)(=O)=O. The molecule has 0 saturated heterocycles. The lowest BCUT2D eigenvalue weighted by Gasteiger charge is -2.09. The standard InChI is InChI=1S/C8H19NO3S/c1-3-4-5-6-7-8(2)12-13(9,10)11/h8H,3-7H2,1-2H3,(H2,9,10,11). The molecular weight excluding hydrogens is 190 g/mol. The summed E-state index contributed by atoms with van der Waals surface area (Å²) in [6, 6.07) is 0. The molecule has 2 N–H and O–H groups in total. The van der Waals surface area contributed by atoms with Crippen LogP contribution in [0, 0.1) is 0 Å². The first-order chi connectivity index (χ1) is 5.95. The van der Waals surface area contributed by atoms with Crippen molar-refractivity contribution in [3.05, 3.63) is 0 Å². The summed E-state index contributed by atoms with van der Waals surface area (Å²) in [4.78, 5) is 0. The summed E-state index contributed by atoms with van der Waals surface area (Å²) in [5.74, 6) is 0. The molecule has 0 saturated carbocycles. The van der Waals surface area contributed by atoms with E-state index in [0.717, 1.165) is 19.3 Å². The van der Waals surface area contributed by atoms with Crippen LogP contribution in [-0.2, 0) is 14.5 Å². The maximum atomic E-state index is 10.5. The molecule has 0 heterocycles. The van der Waals surface area contributed by atoms with Crippen molar-refractivity contribution >= 4 is 10.3 Å². The number of rotatable bonds is 7. The second-order valence-electron chi connectivity index (χ2n) is 3.25. The highest BCUT2D eigenvalue weighted by atomic mass is 32.2. The predicted molar refractivity (Wildman–Crippen MR) is 52.4 cm³/mol. The van der Waals surface area contributed by atoms with Gasteiger partial charge in [-0.05, 0) is 13.3 Å². The zero-order valence-electron chi connectivity index (χ0n) is 8.32. The third kappa shape index (κ3) is 9.79. The molecular formula is C8H19NO3S. The van der Waals surface area contributed by atoms with Crippen LogP contribution in [0.4, 0.5) is 0 Å². The Morgan fingerprint density at radius 1 is 1.31 bits per heavy atom. The summed E-state index contributed by atoms with van der Waals surface area (Å²) in [5, 5.41) is 4.72. The van der Waals surface area contributed by atoms with Gasteiger partial charge in [-0.1, -0.05) is 32.6 Å². The van der Waals surface area contributed by atoms with Gasteiger partial charge in [0, 0.05) is 0 Å². The predicted octanol–water partition coefficient (Wildman–Crippen LogP) is 1.57. The highest BCUT2D eigenvalue weighted by Crippen LogP contribution is 2.08. The van der Waals surface area contributed by atoms with Gasteiger partial charge in [0.1, 0.15) is 0 Å². The van der Waals surface area contributed by atoms with Crippen molar-refractivity contribution in [2.75, 3.05) is 0 Å². The molecule has 1 atom stereocenters. The summed E-state index contributed by atoms with van der Waals surface area (Å²) in [6.07, 6.45) is 4.91. The lowest BCUT2D eigenvalue weighted by Crippen LogP contribution is -2.21. The van der Waals surface area contributed by atoms with Crippen LogP contribution in [0.15, 0.2) is 0 Å². The topological polar surface area (TPSA) is 69.4 Å². The summed E-state index contributed by atoms with van der Waals surface area (Å²) >= 11 is 0. The lowest BCUT2D eigenvalue weighted by molar-refractivity contribution is 0.214. The average molecular weight is 209 g/mol. The molecule has 5 heteroatoms. The molecule has 0 spiro atoms. The van der Waals surface area contributed by atoms with Crippen molar-refractivity contribution < 1.29 is 12.6 Å². The Kier molecular flexibility index (Phi) is 6.28. The van der Waals surface area contributed by atoms with E-state index in [0.29, 0.717) is 0 Å². The molecule has 0 amide bonds. The van der Waals surface area contributed by atoms with E-state index < -0.39 is 10.3 Å². The summed E-state index contributed by atoms with van der Waals surface area (Å²) in [7, 11) is -3.77. The minimum absolute atomic E-state index is 0.299. The van der Waals surface area contributed by atoms with Gasteiger partial charge in [0.25, 0.3) is 0 Å². The lowest BCUT2D eigenvalue weighted by atomic mass is 10.1. The fraction of sp³-hybridized carbons (Fsp3) is 1.00. The highest BCUT2D eigenvalue weighted by Gasteiger charge is 2.09. The molecule has 80 valence electrons. The van der Waals surface area contributed by atoms with E-state index >= 15 is 0 Å². The molecule has 13 heavy (non-hydrogen) atoms. The molecule has 0 aromatic heterocycles. The van der Waals surface area contributed by atoms with Gasteiger partial charge in [-0.2, -0.15) is 8.42 Å². The summed E-state index contributed by atoms with van der Waals surface area (Å²) in [6.45, 7) is 3.85. The fourth-order valence-corrected chi connectivity index (χ4v) is 1.69. The molecule has 1 unspecified atom stereocenters. The molecule has 4 nitrogen and oxygen atoms in total. The Labute approximate surface area is 80.7 Å². The van der Waals surface area contributed by atoms with Crippen LogP contribution in [0.1, 0.15) is 46.0 Å². The first-order valence-corrected chi connectivity index (χ1v) is 6.14. The van der Waals surface area contributed by atoms with Crippen LogP contribution >= 0.6 is 0 Å². The van der Waals surface area contributed by atoms with Gasteiger partial charge in [0.2, 0.25) is 0 Å². The first-order valence-electron chi connectivity index (χ1n) is 4.66. The first kappa shape index (κ1) is 12.9. The zero-order chi connectivity index (χ0) is 10.3. The van der Waals surface area contributed by atoms with E-state index in [9.17, 15) is 8.42 Å². The van der Waals surface area contributed by atoms with Crippen molar-refractivity contribution in [2.24, 2.45) is 5.14 Å². The largest absolute Gasteiger partial charge is 0.333 e. The molecule has 0 radical (unpaired) electrons. The zero-order valence-corrected chi connectivity index (χ0v) is 9.14. The molecule has 0 rings (SSSR count). The molecule has 0 bridgehead atoms. The summed E-state index contributed by atoms with van der Waals surface area (Å²) < 4.78 is 25.5. The van der Waals surface area contributed by atoms with E-state index in [1.165, 1.54) is 12.8 Å². The second kappa shape index (κ2) is 6.34. The van der Waals surface area contributed by atoms with Crippen molar-refractivity contribution in [3.8, 4) is 0 Å². The number of nitrogens with two attached hydrogens (primary N) is 1. The molecule has 0 aliphatic carbocycles. The van der Waals surface area contributed by atoms with Gasteiger partial charge in [-0.15, -0.1) is 0 Å². The van der Waals surface area contributed by atoms with Crippen LogP contribution in [0.25, 0.3) is 0 Å². The maximum absolute atomic E-state index is 10.5. The number of unbranched alkanes of at least 4 members (excludes halogenated alkanes) is 3. The average Bonchev–Trinajstić information content (AvgIpc) is 1.94. The monoisotopic (exact) mass is 209 g/mol. The highest BCUT2D eigenvalue weighted by molar-refractivity contribution is 7.84. The molecule has 0 aliphatic rings. The maximum Gasteiger partial charge on any atom is 0.333 e. The van der Waals surface area contributed by atoms with Crippen LogP contribution in [0.5, 0.6) is 0 Å². The summed E-state index contributed by atoms with van der Waals surface area (Å²) in [5.41, 5.74) is 0. The van der Waals surface area contributed by atoms with E-state index in [1.807, 2.05) is 0 Å². The Bertz CT molecular complexity index is 213. The van der Waals surface area contributed by atoms with Gasteiger partial charge < -0.3 is 0 Å². The van der Waals surface area contributed by atoms with Crippen LogP contribution in [0.3, 0.4) is 0 Å². The van der Waals surface area contributed by atoms with Crippen molar-refractivity contribution in [2.45, 2.75) is 52.1 Å². The fourth-order valence-electron chi connectivity index (χ4n) is 1.14. The van der Waals surface area contributed by atoms with E-state index in [1.54, 1.807) is 6.92 Å². The minimum Gasteiger partial charge on any atom is -0.255 e. The van der Waals surface area contributed by atoms with E-state index in [-0.39, 0.29) is 6.10 Å². The van der Waals surface area contributed by atoms with Crippen LogP contribution in [-0.4, -0.2) is 14.5 Å². The Morgan fingerprint density at radius 3 is 2.38 bits per heavy atom. The molecule has 0 fully saturated rings. The Balaban J connectivity index is 3.47. The normalized spacial score (nSPS) is 14.4. The second-order valence-corrected chi connectivity index (χ2v) is 4.43. The molecule has 0 aromatic rings. The Hall–Kier alpha value is -0.130. The van der Waals surface area contributed by atoms with Gasteiger partial charge in [-0.3, -0.25) is 4.18 Å². The number of hydrogen-bond acceptors (Lipinski definition) is 3. The van der Waals surface area contributed by atoms with Gasteiger partial charge in [-0.25, -0.2) is 5.14 Å².